The maximum absolute atomic E-state index is 11.7. The summed E-state index contributed by atoms with van der Waals surface area (Å²) in [5.41, 5.74) is 1.33. The summed E-state index contributed by atoms with van der Waals surface area (Å²) < 4.78 is 5.18. The summed E-state index contributed by atoms with van der Waals surface area (Å²) in [5.74, 6) is 0.359. The minimum Gasteiger partial charge on any atom is -0.497 e. The Morgan fingerprint density at radius 3 is 2.95 bits per heavy atom. The number of methoxy groups -OCH3 is 1. The first-order valence-corrected chi connectivity index (χ1v) is 7.37. The van der Waals surface area contributed by atoms with Gasteiger partial charge in [-0.3, -0.25) is 10.1 Å². The van der Waals surface area contributed by atoms with Gasteiger partial charge in [-0.15, -0.1) is 0 Å². The Morgan fingerprint density at radius 1 is 1.45 bits per heavy atom. The van der Waals surface area contributed by atoms with Crippen molar-refractivity contribution in [2.45, 2.75) is 0 Å². The molecule has 1 fully saturated rings. The molecule has 112 valence electrons. The summed E-state index contributed by atoms with van der Waals surface area (Å²) in [4.78, 5) is 16.4. The Bertz CT molecular complexity index is 835. The number of hydrogen-bond acceptors (Lipinski definition) is 6. The van der Waals surface area contributed by atoms with E-state index in [0.29, 0.717) is 16.2 Å². The number of nitrogens with zero attached hydrogens (tertiary/aromatic N) is 2. The molecule has 1 amide bonds. The Labute approximate surface area is 134 Å². The minimum atomic E-state index is -0.348. The Balaban J connectivity index is 2.07. The SMILES string of the molecule is COc1ccc2nc(Cl)c(/C=C3/S/C(=N/O)NC3=O)cc2c1. The molecule has 0 spiro atoms. The summed E-state index contributed by atoms with van der Waals surface area (Å²) >= 11 is 7.19. The second-order valence-corrected chi connectivity index (χ2v) is 5.79. The van der Waals surface area contributed by atoms with Crippen molar-refractivity contribution in [3.05, 3.63) is 39.9 Å². The van der Waals surface area contributed by atoms with E-state index < -0.39 is 0 Å². The highest BCUT2D eigenvalue weighted by atomic mass is 35.5. The summed E-state index contributed by atoms with van der Waals surface area (Å²) in [6.07, 6.45) is 1.60. The number of amides is 1. The fraction of sp³-hybridized carbons (Fsp3) is 0.0714. The van der Waals surface area contributed by atoms with Crippen LogP contribution < -0.4 is 10.1 Å². The standard InChI is InChI=1S/C14H10ClN3O3S/c1-21-9-2-3-10-7(5-9)4-8(12(15)16-10)6-11-13(19)17-14(18-20)22-11/h2-6,20H,1H3,(H,17,18,19)/b11-6+. The molecule has 0 aliphatic carbocycles. The molecule has 0 bridgehead atoms. The van der Waals surface area contributed by atoms with Crippen LogP contribution in [0.4, 0.5) is 0 Å². The number of hydrogen-bond donors (Lipinski definition) is 2. The number of nitrogens with one attached hydrogen (secondary N) is 1. The molecule has 0 radical (unpaired) electrons. The molecule has 3 rings (SSSR count). The number of carbonyl (C=O) groups excluding carboxylic acids is 1. The van der Waals surface area contributed by atoms with Crippen LogP contribution in [0.15, 0.2) is 34.3 Å². The lowest BCUT2D eigenvalue weighted by Crippen LogP contribution is -2.19. The molecule has 1 aliphatic heterocycles. The van der Waals surface area contributed by atoms with Crippen LogP contribution in [-0.2, 0) is 4.79 Å². The van der Waals surface area contributed by atoms with E-state index in [1.807, 2.05) is 18.2 Å². The van der Waals surface area contributed by atoms with Crippen LogP contribution in [0.25, 0.3) is 17.0 Å². The van der Waals surface area contributed by atoms with Gasteiger partial charge in [0.25, 0.3) is 5.91 Å². The average molecular weight is 336 g/mol. The first-order chi connectivity index (χ1) is 10.6. The molecule has 0 saturated carbocycles. The fourth-order valence-corrected chi connectivity index (χ4v) is 2.91. The predicted molar refractivity (Wildman–Crippen MR) is 86.2 cm³/mol. The van der Waals surface area contributed by atoms with E-state index in [-0.39, 0.29) is 16.2 Å². The highest BCUT2D eigenvalue weighted by Gasteiger charge is 2.24. The quantitative estimate of drug-likeness (QED) is 0.381. The molecular weight excluding hydrogens is 326 g/mol. The summed E-state index contributed by atoms with van der Waals surface area (Å²) in [6, 6.07) is 7.27. The molecule has 1 aromatic heterocycles. The summed E-state index contributed by atoms with van der Waals surface area (Å²) in [6.45, 7) is 0. The maximum Gasteiger partial charge on any atom is 0.264 e. The molecule has 6 nitrogen and oxygen atoms in total. The van der Waals surface area contributed by atoms with Gasteiger partial charge in [-0.25, -0.2) is 4.98 Å². The van der Waals surface area contributed by atoms with Crippen molar-refractivity contribution in [2.24, 2.45) is 5.16 Å². The number of aromatic nitrogens is 1. The lowest BCUT2D eigenvalue weighted by Gasteiger charge is -2.05. The van der Waals surface area contributed by atoms with Gasteiger partial charge in [0.15, 0.2) is 0 Å². The van der Waals surface area contributed by atoms with E-state index in [2.05, 4.69) is 15.5 Å². The molecule has 0 atom stereocenters. The third-order valence-electron chi connectivity index (χ3n) is 3.03. The number of oxime groups is 1. The van der Waals surface area contributed by atoms with E-state index in [0.717, 1.165) is 22.7 Å². The number of carbonyl (C=O) groups is 1. The van der Waals surface area contributed by atoms with E-state index in [1.165, 1.54) is 0 Å². The maximum atomic E-state index is 11.7. The van der Waals surface area contributed by atoms with Gasteiger partial charge in [-0.1, -0.05) is 16.8 Å². The number of ether oxygens (including phenoxy) is 1. The largest absolute Gasteiger partial charge is 0.497 e. The van der Waals surface area contributed by atoms with Crippen LogP contribution in [0.1, 0.15) is 5.56 Å². The number of thioether (sulfide) groups is 1. The zero-order valence-electron chi connectivity index (χ0n) is 11.3. The molecule has 2 heterocycles. The summed E-state index contributed by atoms with van der Waals surface area (Å²) in [5, 5.41) is 15.3. The van der Waals surface area contributed by atoms with Crippen molar-refractivity contribution in [1.29, 1.82) is 0 Å². The van der Waals surface area contributed by atoms with Crippen molar-refractivity contribution in [3.8, 4) is 5.75 Å². The number of halogens is 1. The number of pyridine rings is 1. The van der Waals surface area contributed by atoms with Crippen molar-refractivity contribution in [2.75, 3.05) is 7.11 Å². The number of fused-ring (bicyclic) bond motifs is 1. The van der Waals surface area contributed by atoms with Gasteiger partial charge < -0.3 is 9.94 Å². The Morgan fingerprint density at radius 2 is 2.27 bits per heavy atom. The van der Waals surface area contributed by atoms with Gasteiger partial charge in [-0.2, -0.15) is 0 Å². The third-order valence-corrected chi connectivity index (χ3v) is 4.23. The van der Waals surface area contributed by atoms with Gasteiger partial charge in [0.05, 0.1) is 17.5 Å². The van der Waals surface area contributed by atoms with Crippen molar-refractivity contribution in [1.82, 2.24) is 10.3 Å². The molecule has 2 aromatic rings. The second kappa shape index (κ2) is 5.86. The van der Waals surface area contributed by atoms with Crippen LogP contribution in [0, 0.1) is 0 Å². The average Bonchev–Trinajstić information content (AvgIpc) is 2.88. The topological polar surface area (TPSA) is 83.8 Å². The number of benzene rings is 1. The number of amidine groups is 1. The van der Waals surface area contributed by atoms with Gasteiger partial charge >= 0.3 is 0 Å². The van der Waals surface area contributed by atoms with Crippen molar-refractivity contribution in [3.63, 3.8) is 0 Å². The number of rotatable bonds is 2. The lowest BCUT2D eigenvalue weighted by molar-refractivity contribution is -0.115. The van der Waals surface area contributed by atoms with E-state index in [9.17, 15) is 4.79 Å². The molecule has 8 heteroatoms. The molecular formula is C14H10ClN3O3S. The predicted octanol–water partition coefficient (Wildman–Crippen LogP) is 2.85. The second-order valence-electron chi connectivity index (χ2n) is 4.40. The zero-order chi connectivity index (χ0) is 15.7. The smallest absolute Gasteiger partial charge is 0.264 e. The lowest BCUT2D eigenvalue weighted by atomic mass is 10.1. The van der Waals surface area contributed by atoms with E-state index in [1.54, 1.807) is 19.3 Å². The molecule has 0 unspecified atom stereocenters. The highest BCUT2D eigenvalue weighted by Crippen LogP contribution is 2.30. The van der Waals surface area contributed by atoms with E-state index in [4.69, 9.17) is 21.5 Å². The van der Waals surface area contributed by atoms with Crippen molar-refractivity contribution >= 4 is 51.4 Å². The molecule has 2 N–H and O–H groups in total. The van der Waals surface area contributed by atoms with E-state index >= 15 is 0 Å². The first kappa shape index (κ1) is 14.7. The minimum absolute atomic E-state index is 0.128. The third kappa shape index (κ3) is 2.72. The Hall–Kier alpha value is -2.25. The van der Waals surface area contributed by atoms with Gasteiger partial charge in [0, 0.05) is 10.9 Å². The van der Waals surface area contributed by atoms with Crippen LogP contribution in [0.2, 0.25) is 5.15 Å². The van der Waals surface area contributed by atoms with Gasteiger partial charge in [0.1, 0.15) is 10.9 Å². The van der Waals surface area contributed by atoms with Gasteiger partial charge in [0.2, 0.25) is 5.17 Å². The van der Waals surface area contributed by atoms with Crippen LogP contribution >= 0.6 is 23.4 Å². The highest BCUT2D eigenvalue weighted by molar-refractivity contribution is 8.18. The first-order valence-electron chi connectivity index (χ1n) is 6.18. The molecule has 22 heavy (non-hydrogen) atoms. The van der Waals surface area contributed by atoms with Crippen LogP contribution in [-0.4, -0.2) is 28.4 Å². The fourth-order valence-electron chi connectivity index (χ4n) is 1.99. The molecule has 1 saturated heterocycles. The zero-order valence-corrected chi connectivity index (χ0v) is 12.9. The van der Waals surface area contributed by atoms with Crippen LogP contribution in [0.5, 0.6) is 5.75 Å². The van der Waals surface area contributed by atoms with Gasteiger partial charge in [-0.05, 0) is 42.1 Å². The Kier molecular flexibility index (Phi) is 3.91. The summed E-state index contributed by atoms with van der Waals surface area (Å²) in [7, 11) is 1.59. The monoisotopic (exact) mass is 335 g/mol. The van der Waals surface area contributed by atoms with Crippen molar-refractivity contribution < 1.29 is 14.7 Å². The molecule has 1 aliphatic rings. The molecule has 1 aromatic carbocycles. The normalized spacial score (nSPS) is 18.2. The van der Waals surface area contributed by atoms with Crippen LogP contribution in [0.3, 0.4) is 0 Å².